The van der Waals surface area contributed by atoms with Gasteiger partial charge in [0.05, 0.1) is 6.61 Å². The molecule has 0 radical (unpaired) electrons. The van der Waals surface area contributed by atoms with Crippen LogP contribution < -0.4 is 0 Å². The summed E-state index contributed by atoms with van der Waals surface area (Å²) in [4.78, 5) is 21.6. The molecule has 0 N–H and O–H groups in total. The van der Waals surface area contributed by atoms with Gasteiger partial charge in [0.25, 0.3) is 0 Å². The molecule has 0 heterocycles. The fourth-order valence-electron chi connectivity index (χ4n) is 0.755. The Morgan fingerprint density at radius 2 is 1.73 bits per heavy atom. The van der Waals surface area contributed by atoms with E-state index in [9.17, 15) is 9.59 Å². The lowest BCUT2D eigenvalue weighted by Gasteiger charge is -2.19. The largest absolute Gasteiger partial charge is 0.462 e. The molecule has 2 atom stereocenters. The second-order valence-electron chi connectivity index (χ2n) is 3.16. The van der Waals surface area contributed by atoms with Gasteiger partial charge < -0.3 is 9.47 Å². The van der Waals surface area contributed by atoms with Gasteiger partial charge in [0, 0.05) is 18.1 Å². The van der Waals surface area contributed by atoms with E-state index >= 15 is 0 Å². The molecular formula is C11H16O4. The van der Waals surface area contributed by atoms with Crippen LogP contribution in [0, 0.1) is 5.92 Å². The molecule has 0 saturated carbocycles. The molecule has 15 heavy (non-hydrogen) atoms. The van der Waals surface area contributed by atoms with Crippen molar-refractivity contribution in [2.24, 2.45) is 5.92 Å². The van der Waals surface area contributed by atoms with Gasteiger partial charge in [0.2, 0.25) is 0 Å². The Morgan fingerprint density at radius 3 is 2.20 bits per heavy atom. The van der Waals surface area contributed by atoms with Crippen LogP contribution in [-0.4, -0.2) is 24.6 Å². The number of carbonyl (C=O) groups excluding carboxylic acids is 2. The van der Waals surface area contributed by atoms with Crippen LogP contribution in [0.15, 0.2) is 25.3 Å². The van der Waals surface area contributed by atoms with Gasteiger partial charge in [-0.25, -0.2) is 9.59 Å². The molecule has 0 bridgehead atoms. The number of ether oxygens (including phenoxy) is 2. The number of rotatable bonds is 6. The summed E-state index contributed by atoms with van der Waals surface area (Å²) in [5, 5.41) is 0. The zero-order valence-corrected chi connectivity index (χ0v) is 9.06. The molecule has 0 aliphatic heterocycles. The summed E-state index contributed by atoms with van der Waals surface area (Å²) in [6.07, 6.45) is 1.86. The van der Waals surface area contributed by atoms with Crippen LogP contribution in [0.4, 0.5) is 0 Å². The van der Waals surface area contributed by atoms with Crippen LogP contribution in [0.2, 0.25) is 0 Å². The first kappa shape index (κ1) is 13.4. The smallest absolute Gasteiger partial charge is 0.330 e. The summed E-state index contributed by atoms with van der Waals surface area (Å²) >= 11 is 0. The van der Waals surface area contributed by atoms with Crippen LogP contribution in [0.3, 0.4) is 0 Å². The number of hydrogen-bond acceptors (Lipinski definition) is 4. The fourth-order valence-corrected chi connectivity index (χ4v) is 0.755. The molecular weight excluding hydrogens is 196 g/mol. The summed E-state index contributed by atoms with van der Waals surface area (Å²) in [5.74, 6) is -1.04. The van der Waals surface area contributed by atoms with Gasteiger partial charge in [-0.3, -0.25) is 0 Å². The zero-order chi connectivity index (χ0) is 11.8. The van der Waals surface area contributed by atoms with Crippen molar-refractivity contribution in [3.8, 4) is 0 Å². The van der Waals surface area contributed by atoms with Crippen LogP contribution in [0.5, 0.6) is 0 Å². The Kier molecular flexibility index (Phi) is 6.09. The third-order valence-corrected chi connectivity index (χ3v) is 1.93. The van der Waals surface area contributed by atoms with E-state index in [1.54, 1.807) is 6.92 Å². The lowest BCUT2D eigenvalue weighted by atomic mass is 10.1. The van der Waals surface area contributed by atoms with Crippen LogP contribution in [0.1, 0.15) is 13.8 Å². The van der Waals surface area contributed by atoms with Crippen LogP contribution >= 0.6 is 0 Å². The monoisotopic (exact) mass is 212 g/mol. The minimum Gasteiger partial charge on any atom is -0.462 e. The van der Waals surface area contributed by atoms with Crippen molar-refractivity contribution in [2.45, 2.75) is 20.0 Å². The first-order valence-electron chi connectivity index (χ1n) is 4.63. The average Bonchev–Trinajstić information content (AvgIpc) is 2.24. The van der Waals surface area contributed by atoms with E-state index < -0.39 is 11.9 Å². The van der Waals surface area contributed by atoms with Crippen LogP contribution in [-0.2, 0) is 19.1 Å². The molecule has 0 amide bonds. The topological polar surface area (TPSA) is 52.6 Å². The predicted molar refractivity (Wildman–Crippen MR) is 56.1 cm³/mol. The minimum absolute atomic E-state index is 0.0715. The van der Waals surface area contributed by atoms with E-state index in [1.165, 1.54) is 0 Å². The van der Waals surface area contributed by atoms with Crippen LogP contribution in [0.25, 0.3) is 0 Å². The Morgan fingerprint density at radius 1 is 1.20 bits per heavy atom. The van der Waals surface area contributed by atoms with Crippen molar-refractivity contribution >= 4 is 11.9 Å². The second-order valence-corrected chi connectivity index (χ2v) is 3.16. The molecule has 0 aliphatic carbocycles. The predicted octanol–water partition coefficient (Wildman–Crippen LogP) is 1.47. The van der Waals surface area contributed by atoms with Crippen molar-refractivity contribution < 1.29 is 19.1 Å². The standard InChI is InChI=1S/C11H16O4/c1-5-10(12)14-7-8(3)9(4)15-11(13)6-2/h5-6,8-9H,1-2,7H2,3-4H3. The maximum absolute atomic E-state index is 10.9. The van der Waals surface area contributed by atoms with Crippen molar-refractivity contribution in [3.63, 3.8) is 0 Å². The molecule has 4 heteroatoms. The number of esters is 2. The Bertz CT molecular complexity index is 257. The Balaban J connectivity index is 3.92. The first-order chi connectivity index (χ1) is 7.01. The fraction of sp³-hybridized carbons (Fsp3) is 0.455. The second kappa shape index (κ2) is 6.81. The molecule has 0 rings (SSSR count). The van der Waals surface area contributed by atoms with E-state index in [4.69, 9.17) is 9.47 Å². The van der Waals surface area contributed by atoms with Crippen molar-refractivity contribution in [1.29, 1.82) is 0 Å². The molecule has 2 unspecified atom stereocenters. The number of hydrogen-bond donors (Lipinski definition) is 0. The summed E-state index contributed by atoms with van der Waals surface area (Å²) in [6.45, 7) is 10.3. The molecule has 4 nitrogen and oxygen atoms in total. The van der Waals surface area contributed by atoms with Gasteiger partial charge in [-0.05, 0) is 6.92 Å². The highest BCUT2D eigenvalue weighted by atomic mass is 16.6. The molecule has 0 spiro atoms. The van der Waals surface area contributed by atoms with E-state index in [1.807, 2.05) is 6.92 Å². The summed E-state index contributed by atoms with van der Waals surface area (Å²) in [6, 6.07) is 0. The third-order valence-electron chi connectivity index (χ3n) is 1.93. The van der Waals surface area contributed by atoms with Crippen molar-refractivity contribution in [2.75, 3.05) is 6.61 Å². The van der Waals surface area contributed by atoms with Gasteiger partial charge in [-0.1, -0.05) is 20.1 Å². The number of carbonyl (C=O) groups is 2. The van der Waals surface area contributed by atoms with Gasteiger partial charge in [-0.15, -0.1) is 0 Å². The molecule has 0 saturated heterocycles. The molecule has 84 valence electrons. The summed E-state index contributed by atoms with van der Waals surface area (Å²) in [7, 11) is 0. The van der Waals surface area contributed by atoms with E-state index in [0.29, 0.717) is 0 Å². The first-order valence-corrected chi connectivity index (χ1v) is 4.63. The maximum atomic E-state index is 10.9. The van der Waals surface area contributed by atoms with E-state index in [0.717, 1.165) is 12.2 Å². The molecule has 0 aromatic rings. The van der Waals surface area contributed by atoms with Gasteiger partial charge in [0.15, 0.2) is 0 Å². The van der Waals surface area contributed by atoms with E-state index in [-0.39, 0.29) is 18.6 Å². The molecule has 0 aromatic carbocycles. The minimum atomic E-state index is -0.482. The van der Waals surface area contributed by atoms with Crippen molar-refractivity contribution in [3.05, 3.63) is 25.3 Å². The molecule has 0 aromatic heterocycles. The maximum Gasteiger partial charge on any atom is 0.330 e. The van der Waals surface area contributed by atoms with Crippen molar-refractivity contribution in [1.82, 2.24) is 0 Å². The normalized spacial score (nSPS) is 13.5. The SMILES string of the molecule is C=CC(=O)OCC(C)C(C)OC(=O)C=C. The molecule has 0 fully saturated rings. The summed E-state index contributed by atoms with van der Waals surface area (Å²) in [5.41, 5.74) is 0. The Hall–Kier alpha value is -1.58. The quantitative estimate of drug-likeness (QED) is 0.494. The average molecular weight is 212 g/mol. The highest BCUT2D eigenvalue weighted by Gasteiger charge is 2.16. The van der Waals surface area contributed by atoms with Gasteiger partial charge in [-0.2, -0.15) is 0 Å². The lowest BCUT2D eigenvalue weighted by Crippen LogP contribution is -2.25. The zero-order valence-electron chi connectivity index (χ0n) is 9.06. The molecule has 0 aliphatic rings. The lowest BCUT2D eigenvalue weighted by molar-refractivity contribution is -0.147. The van der Waals surface area contributed by atoms with Gasteiger partial charge in [0.1, 0.15) is 6.10 Å². The Labute approximate surface area is 89.6 Å². The highest BCUT2D eigenvalue weighted by molar-refractivity contribution is 5.81. The third kappa shape index (κ3) is 5.67. The summed E-state index contributed by atoms with van der Waals surface area (Å²) < 4.78 is 9.77. The van der Waals surface area contributed by atoms with E-state index in [2.05, 4.69) is 13.2 Å². The van der Waals surface area contributed by atoms with Gasteiger partial charge >= 0.3 is 11.9 Å². The highest BCUT2D eigenvalue weighted by Crippen LogP contribution is 2.08.